The third kappa shape index (κ3) is 4.06. The van der Waals surface area contributed by atoms with Gasteiger partial charge in [-0.15, -0.1) is 0 Å². The average molecular weight is 304 g/mol. The minimum Gasteiger partial charge on any atom is -0.395 e. The molecule has 1 heterocycles. The third-order valence-electron chi connectivity index (χ3n) is 3.45. The van der Waals surface area contributed by atoms with Crippen molar-refractivity contribution in [3.63, 3.8) is 0 Å². The Labute approximate surface area is 129 Å². The van der Waals surface area contributed by atoms with Crippen molar-refractivity contribution in [1.29, 1.82) is 0 Å². The van der Waals surface area contributed by atoms with Crippen molar-refractivity contribution < 1.29 is 9.90 Å². The van der Waals surface area contributed by atoms with Crippen LogP contribution in [0.5, 0.6) is 0 Å². The maximum atomic E-state index is 12.2. The molecule has 0 bridgehead atoms. The predicted molar refractivity (Wildman–Crippen MR) is 88.2 cm³/mol. The normalized spacial score (nSPS) is 12.0. The molecule has 1 aromatic heterocycles. The van der Waals surface area contributed by atoms with E-state index in [4.69, 9.17) is 5.11 Å². The van der Waals surface area contributed by atoms with Crippen LogP contribution in [0.2, 0.25) is 0 Å². The molecule has 1 amide bonds. The van der Waals surface area contributed by atoms with E-state index in [2.05, 4.69) is 5.32 Å². The second-order valence-corrected chi connectivity index (χ2v) is 5.74. The van der Waals surface area contributed by atoms with Crippen molar-refractivity contribution in [1.82, 2.24) is 0 Å². The van der Waals surface area contributed by atoms with Crippen molar-refractivity contribution >= 4 is 28.6 Å². The Hall–Kier alpha value is -1.85. The van der Waals surface area contributed by atoms with Crippen LogP contribution in [0.15, 0.2) is 41.1 Å². The number of benzene rings is 1. The van der Waals surface area contributed by atoms with Gasteiger partial charge in [0.2, 0.25) is 5.91 Å². The first-order valence-electron chi connectivity index (χ1n) is 6.87. The summed E-state index contributed by atoms with van der Waals surface area (Å²) >= 11 is 1.60. The van der Waals surface area contributed by atoms with Crippen LogP contribution in [0.1, 0.15) is 18.4 Å². The molecule has 1 atom stereocenters. The largest absolute Gasteiger partial charge is 0.395 e. The Balaban J connectivity index is 1.98. The molecule has 5 heteroatoms. The van der Waals surface area contributed by atoms with Crippen LogP contribution in [0.4, 0.5) is 11.4 Å². The van der Waals surface area contributed by atoms with Gasteiger partial charge in [-0.2, -0.15) is 11.3 Å². The number of rotatable bonds is 6. The number of hydrogen-bond donors (Lipinski definition) is 2. The summed E-state index contributed by atoms with van der Waals surface area (Å²) in [5.41, 5.74) is 2.83. The summed E-state index contributed by atoms with van der Waals surface area (Å²) in [5.74, 6) is -0.169. The van der Waals surface area contributed by atoms with Gasteiger partial charge in [-0.1, -0.05) is 0 Å². The molecule has 112 valence electrons. The average Bonchev–Trinajstić information content (AvgIpc) is 3.01. The quantitative estimate of drug-likeness (QED) is 0.863. The third-order valence-corrected chi connectivity index (χ3v) is 4.15. The summed E-state index contributed by atoms with van der Waals surface area (Å²) in [6.07, 6.45) is 0. The SMILES string of the molecule is CC(C(=O)Nc1ccc(N(C)CCO)cc1)c1ccsc1. The number of carbonyl (C=O) groups is 1. The zero-order valence-corrected chi connectivity index (χ0v) is 13.1. The molecule has 0 aliphatic heterocycles. The Kier molecular flexibility index (Phi) is 5.36. The van der Waals surface area contributed by atoms with Gasteiger partial charge in [0, 0.05) is 25.0 Å². The summed E-state index contributed by atoms with van der Waals surface area (Å²) in [6.45, 7) is 2.61. The smallest absolute Gasteiger partial charge is 0.231 e. The fourth-order valence-corrected chi connectivity index (χ4v) is 2.76. The first-order chi connectivity index (χ1) is 10.1. The standard InChI is InChI=1S/C16H20N2O2S/c1-12(13-7-10-21-11-13)16(20)17-14-3-5-15(6-4-14)18(2)8-9-19/h3-7,10-12,19H,8-9H2,1-2H3,(H,17,20). The van der Waals surface area contributed by atoms with E-state index in [1.807, 2.05) is 60.0 Å². The van der Waals surface area contributed by atoms with Crippen LogP contribution < -0.4 is 10.2 Å². The number of aliphatic hydroxyl groups excluding tert-OH is 1. The number of thiophene rings is 1. The number of nitrogens with zero attached hydrogens (tertiary/aromatic N) is 1. The van der Waals surface area contributed by atoms with Gasteiger partial charge in [0.1, 0.15) is 0 Å². The molecule has 4 nitrogen and oxygen atoms in total. The fourth-order valence-electron chi connectivity index (χ4n) is 2.00. The van der Waals surface area contributed by atoms with Crippen LogP contribution in [0, 0.1) is 0 Å². The van der Waals surface area contributed by atoms with E-state index in [1.54, 1.807) is 11.3 Å². The van der Waals surface area contributed by atoms with Crippen LogP contribution >= 0.6 is 11.3 Å². The molecule has 0 spiro atoms. The van der Waals surface area contributed by atoms with Gasteiger partial charge < -0.3 is 15.3 Å². The van der Waals surface area contributed by atoms with E-state index in [9.17, 15) is 4.79 Å². The number of likely N-dealkylation sites (N-methyl/N-ethyl adjacent to an activating group) is 1. The monoisotopic (exact) mass is 304 g/mol. The minimum atomic E-state index is -0.159. The lowest BCUT2D eigenvalue weighted by molar-refractivity contribution is -0.117. The highest BCUT2D eigenvalue weighted by Crippen LogP contribution is 2.21. The summed E-state index contributed by atoms with van der Waals surface area (Å²) in [4.78, 5) is 14.1. The maximum Gasteiger partial charge on any atom is 0.231 e. The van der Waals surface area contributed by atoms with E-state index >= 15 is 0 Å². The topological polar surface area (TPSA) is 52.6 Å². The van der Waals surface area contributed by atoms with Gasteiger partial charge in [0.15, 0.2) is 0 Å². The van der Waals surface area contributed by atoms with Crippen molar-refractivity contribution in [2.24, 2.45) is 0 Å². The second-order valence-electron chi connectivity index (χ2n) is 4.96. The molecule has 0 saturated heterocycles. The fraction of sp³-hybridized carbons (Fsp3) is 0.312. The lowest BCUT2D eigenvalue weighted by Gasteiger charge is -2.18. The van der Waals surface area contributed by atoms with Gasteiger partial charge in [-0.25, -0.2) is 0 Å². The van der Waals surface area contributed by atoms with Crippen molar-refractivity contribution in [2.75, 3.05) is 30.4 Å². The maximum absolute atomic E-state index is 12.2. The number of amides is 1. The predicted octanol–water partition coefficient (Wildman–Crippen LogP) is 2.92. The summed E-state index contributed by atoms with van der Waals surface area (Å²) in [7, 11) is 1.92. The molecule has 0 fully saturated rings. The minimum absolute atomic E-state index is 0.00939. The molecule has 2 aromatic rings. The summed E-state index contributed by atoms with van der Waals surface area (Å²) in [5, 5.41) is 15.8. The number of hydrogen-bond acceptors (Lipinski definition) is 4. The van der Waals surface area contributed by atoms with Gasteiger partial charge >= 0.3 is 0 Å². The number of anilines is 2. The molecule has 0 saturated carbocycles. The summed E-state index contributed by atoms with van der Waals surface area (Å²) < 4.78 is 0. The molecular formula is C16H20N2O2S. The van der Waals surface area contributed by atoms with E-state index in [0.29, 0.717) is 6.54 Å². The molecular weight excluding hydrogens is 284 g/mol. The van der Waals surface area contributed by atoms with Crippen molar-refractivity contribution in [3.8, 4) is 0 Å². The molecule has 2 N–H and O–H groups in total. The Morgan fingerprint density at radius 3 is 2.62 bits per heavy atom. The zero-order valence-electron chi connectivity index (χ0n) is 12.2. The van der Waals surface area contributed by atoms with Crippen LogP contribution in [-0.4, -0.2) is 31.2 Å². The first-order valence-corrected chi connectivity index (χ1v) is 7.81. The van der Waals surface area contributed by atoms with Crippen LogP contribution in [0.3, 0.4) is 0 Å². The molecule has 1 unspecified atom stereocenters. The molecule has 0 aliphatic rings. The lowest BCUT2D eigenvalue weighted by Crippen LogP contribution is -2.21. The Morgan fingerprint density at radius 1 is 1.33 bits per heavy atom. The van der Waals surface area contributed by atoms with E-state index in [0.717, 1.165) is 16.9 Å². The number of aliphatic hydroxyl groups is 1. The molecule has 1 aromatic carbocycles. The Bertz CT molecular complexity index is 566. The van der Waals surface area contributed by atoms with E-state index in [-0.39, 0.29) is 18.4 Å². The van der Waals surface area contributed by atoms with E-state index in [1.165, 1.54) is 0 Å². The van der Waals surface area contributed by atoms with Crippen LogP contribution in [0.25, 0.3) is 0 Å². The highest BCUT2D eigenvalue weighted by molar-refractivity contribution is 7.08. The van der Waals surface area contributed by atoms with Gasteiger partial charge in [0.05, 0.1) is 12.5 Å². The highest BCUT2D eigenvalue weighted by atomic mass is 32.1. The van der Waals surface area contributed by atoms with Crippen LogP contribution in [-0.2, 0) is 4.79 Å². The Morgan fingerprint density at radius 2 is 2.05 bits per heavy atom. The molecule has 0 aliphatic carbocycles. The zero-order chi connectivity index (χ0) is 15.2. The first kappa shape index (κ1) is 15.5. The van der Waals surface area contributed by atoms with Crippen molar-refractivity contribution in [3.05, 3.63) is 46.7 Å². The summed E-state index contributed by atoms with van der Waals surface area (Å²) in [6, 6.07) is 9.59. The second kappa shape index (κ2) is 7.24. The van der Waals surface area contributed by atoms with Gasteiger partial charge in [-0.3, -0.25) is 4.79 Å². The van der Waals surface area contributed by atoms with E-state index < -0.39 is 0 Å². The van der Waals surface area contributed by atoms with Gasteiger partial charge in [0.25, 0.3) is 0 Å². The number of nitrogens with one attached hydrogen (secondary N) is 1. The lowest BCUT2D eigenvalue weighted by atomic mass is 10.0. The van der Waals surface area contributed by atoms with Crippen molar-refractivity contribution in [2.45, 2.75) is 12.8 Å². The molecule has 21 heavy (non-hydrogen) atoms. The number of carbonyl (C=O) groups excluding carboxylic acids is 1. The van der Waals surface area contributed by atoms with Gasteiger partial charge in [-0.05, 0) is 53.6 Å². The highest BCUT2D eigenvalue weighted by Gasteiger charge is 2.15. The molecule has 2 rings (SSSR count). The molecule has 0 radical (unpaired) electrons.